The smallest absolute Gasteiger partial charge is 0.308 e. The molecule has 17 heavy (non-hydrogen) atoms. The summed E-state index contributed by atoms with van der Waals surface area (Å²) in [6.45, 7) is 3.54. The number of alkyl halides is 1. The second-order valence-electron chi connectivity index (χ2n) is 4.55. The SMILES string of the molecule is Cc1c(Cl)cc(C2C(C(=O)O)C2(C)Cl)cc1Cl. The second-order valence-corrected chi connectivity index (χ2v) is 6.18. The number of benzene rings is 1. The van der Waals surface area contributed by atoms with Crippen LogP contribution in [0, 0.1) is 12.8 Å². The van der Waals surface area contributed by atoms with Gasteiger partial charge in [-0.15, -0.1) is 11.6 Å². The number of hydrogen-bond donors (Lipinski definition) is 1. The molecule has 5 heteroatoms. The normalized spacial score (nSPS) is 31.4. The number of carboxylic acids is 1. The molecule has 1 fully saturated rings. The van der Waals surface area contributed by atoms with E-state index in [1.165, 1.54) is 0 Å². The van der Waals surface area contributed by atoms with Crippen LogP contribution in [0.15, 0.2) is 12.1 Å². The van der Waals surface area contributed by atoms with Crippen molar-refractivity contribution in [1.82, 2.24) is 0 Å². The topological polar surface area (TPSA) is 37.3 Å². The summed E-state index contributed by atoms with van der Waals surface area (Å²) in [6, 6.07) is 3.49. The van der Waals surface area contributed by atoms with Gasteiger partial charge in [-0.25, -0.2) is 0 Å². The molecular formula is C12H11Cl3O2. The van der Waals surface area contributed by atoms with Gasteiger partial charge in [-0.1, -0.05) is 23.2 Å². The largest absolute Gasteiger partial charge is 0.481 e. The van der Waals surface area contributed by atoms with Crippen LogP contribution in [0.1, 0.15) is 24.0 Å². The summed E-state index contributed by atoms with van der Waals surface area (Å²) in [4.78, 5) is 10.3. The van der Waals surface area contributed by atoms with Crippen molar-refractivity contribution in [3.63, 3.8) is 0 Å². The molecule has 0 heterocycles. The monoisotopic (exact) mass is 292 g/mol. The Morgan fingerprint density at radius 1 is 1.35 bits per heavy atom. The van der Waals surface area contributed by atoms with Gasteiger partial charge in [0.25, 0.3) is 0 Å². The van der Waals surface area contributed by atoms with E-state index in [1.54, 1.807) is 19.1 Å². The molecule has 0 spiro atoms. The van der Waals surface area contributed by atoms with Gasteiger partial charge in [-0.3, -0.25) is 4.79 Å². The second kappa shape index (κ2) is 4.04. The summed E-state index contributed by atoms with van der Waals surface area (Å²) in [6.07, 6.45) is 0. The average Bonchev–Trinajstić information content (AvgIpc) is 2.77. The Morgan fingerprint density at radius 3 is 2.18 bits per heavy atom. The lowest BCUT2D eigenvalue weighted by Gasteiger charge is -2.06. The van der Waals surface area contributed by atoms with Crippen LogP contribution in [0.25, 0.3) is 0 Å². The number of carboxylic acid groups (broad SMARTS) is 1. The summed E-state index contributed by atoms with van der Waals surface area (Å²) in [7, 11) is 0. The first-order valence-electron chi connectivity index (χ1n) is 5.14. The summed E-state index contributed by atoms with van der Waals surface area (Å²) in [5.74, 6) is -1.71. The fraction of sp³-hybridized carbons (Fsp3) is 0.417. The van der Waals surface area contributed by atoms with Gasteiger partial charge in [-0.05, 0) is 37.1 Å². The van der Waals surface area contributed by atoms with E-state index in [2.05, 4.69) is 0 Å². The van der Waals surface area contributed by atoms with Crippen molar-refractivity contribution >= 4 is 40.8 Å². The van der Waals surface area contributed by atoms with Crippen molar-refractivity contribution in [3.05, 3.63) is 33.3 Å². The van der Waals surface area contributed by atoms with Crippen LogP contribution in [0.5, 0.6) is 0 Å². The van der Waals surface area contributed by atoms with Crippen molar-refractivity contribution in [2.24, 2.45) is 5.92 Å². The van der Waals surface area contributed by atoms with Crippen molar-refractivity contribution < 1.29 is 9.90 Å². The molecular weight excluding hydrogens is 282 g/mol. The van der Waals surface area contributed by atoms with E-state index >= 15 is 0 Å². The van der Waals surface area contributed by atoms with Crippen molar-refractivity contribution in [1.29, 1.82) is 0 Å². The lowest BCUT2D eigenvalue weighted by Crippen LogP contribution is -2.05. The Labute approximate surface area is 114 Å². The van der Waals surface area contributed by atoms with Crippen LogP contribution in [0.4, 0.5) is 0 Å². The van der Waals surface area contributed by atoms with Gasteiger partial charge in [0.2, 0.25) is 0 Å². The van der Waals surface area contributed by atoms with Gasteiger partial charge >= 0.3 is 5.97 Å². The highest BCUT2D eigenvalue weighted by molar-refractivity contribution is 6.36. The number of rotatable bonds is 2. The number of carbonyl (C=O) groups is 1. The molecule has 3 atom stereocenters. The van der Waals surface area contributed by atoms with E-state index in [0.29, 0.717) is 10.0 Å². The van der Waals surface area contributed by atoms with E-state index in [9.17, 15) is 4.79 Å². The van der Waals surface area contributed by atoms with Gasteiger partial charge < -0.3 is 5.11 Å². The van der Waals surface area contributed by atoms with Crippen LogP contribution in [-0.4, -0.2) is 16.0 Å². The first-order valence-corrected chi connectivity index (χ1v) is 6.27. The maximum atomic E-state index is 11.0. The molecule has 92 valence electrons. The minimum Gasteiger partial charge on any atom is -0.481 e. The third kappa shape index (κ3) is 2.03. The molecule has 3 unspecified atom stereocenters. The van der Waals surface area contributed by atoms with Gasteiger partial charge in [0.1, 0.15) is 0 Å². The Balaban J connectivity index is 2.41. The van der Waals surface area contributed by atoms with Crippen LogP contribution in [0.3, 0.4) is 0 Å². The third-order valence-corrected chi connectivity index (χ3v) is 4.62. The van der Waals surface area contributed by atoms with Crippen molar-refractivity contribution in [3.8, 4) is 0 Å². The average molecular weight is 294 g/mol. The van der Waals surface area contributed by atoms with Crippen molar-refractivity contribution in [2.45, 2.75) is 24.6 Å². The van der Waals surface area contributed by atoms with Crippen LogP contribution in [0.2, 0.25) is 10.0 Å². The first-order chi connectivity index (χ1) is 7.76. The molecule has 1 aliphatic carbocycles. The molecule has 0 aromatic heterocycles. The van der Waals surface area contributed by atoms with Gasteiger partial charge in [0.15, 0.2) is 0 Å². The summed E-state index contributed by atoms with van der Waals surface area (Å²) >= 11 is 18.3. The molecule has 1 N–H and O–H groups in total. The number of halogens is 3. The molecule has 0 bridgehead atoms. The summed E-state index contributed by atoms with van der Waals surface area (Å²) in [5, 5.41) is 10.1. The quantitative estimate of drug-likeness (QED) is 0.834. The highest BCUT2D eigenvalue weighted by atomic mass is 35.5. The third-order valence-electron chi connectivity index (χ3n) is 3.37. The molecule has 1 aromatic carbocycles. The molecule has 0 amide bonds. The number of hydrogen-bond acceptors (Lipinski definition) is 1. The van der Waals surface area contributed by atoms with Gasteiger partial charge in [0, 0.05) is 16.0 Å². The Kier molecular flexibility index (Phi) is 3.09. The fourth-order valence-corrected chi connectivity index (χ4v) is 3.14. The summed E-state index contributed by atoms with van der Waals surface area (Å²) in [5.41, 5.74) is 1.58. The standard InChI is InChI=1S/C12H11Cl3O2/c1-5-7(13)3-6(4-8(5)14)9-10(11(16)17)12(9,2)15/h3-4,9-10H,1-2H3,(H,16,17). The minimum absolute atomic E-state index is 0.239. The fourth-order valence-electron chi connectivity index (χ4n) is 2.23. The van der Waals surface area contributed by atoms with Crippen LogP contribution < -0.4 is 0 Å². The van der Waals surface area contributed by atoms with E-state index in [-0.39, 0.29) is 5.92 Å². The van der Waals surface area contributed by atoms with Gasteiger partial charge in [-0.2, -0.15) is 0 Å². The highest BCUT2D eigenvalue weighted by Gasteiger charge is 2.65. The molecule has 2 rings (SSSR count). The molecule has 0 saturated heterocycles. The molecule has 1 aliphatic rings. The van der Waals surface area contributed by atoms with Gasteiger partial charge in [0.05, 0.1) is 10.8 Å². The van der Waals surface area contributed by atoms with Crippen LogP contribution in [-0.2, 0) is 4.79 Å². The molecule has 0 aliphatic heterocycles. The predicted octanol–water partition coefficient (Wildman–Crippen LogP) is 4.10. The Morgan fingerprint density at radius 2 is 1.82 bits per heavy atom. The summed E-state index contributed by atoms with van der Waals surface area (Å²) < 4.78 is 0. The van der Waals surface area contributed by atoms with Crippen LogP contribution >= 0.6 is 34.8 Å². The lowest BCUT2D eigenvalue weighted by molar-refractivity contribution is -0.138. The Bertz CT molecular complexity index is 474. The zero-order chi connectivity index (χ0) is 13.0. The maximum Gasteiger partial charge on any atom is 0.308 e. The highest BCUT2D eigenvalue weighted by Crippen LogP contribution is 2.62. The zero-order valence-electron chi connectivity index (χ0n) is 9.30. The Hall–Kier alpha value is -0.440. The first kappa shape index (κ1) is 13.0. The van der Waals surface area contributed by atoms with Crippen molar-refractivity contribution in [2.75, 3.05) is 0 Å². The molecule has 1 aromatic rings. The maximum absolute atomic E-state index is 11.0. The number of aliphatic carboxylic acids is 1. The zero-order valence-corrected chi connectivity index (χ0v) is 11.6. The van der Waals surface area contributed by atoms with E-state index in [1.807, 2.05) is 6.92 Å². The molecule has 1 saturated carbocycles. The lowest BCUT2D eigenvalue weighted by atomic mass is 10.1. The van der Waals surface area contributed by atoms with E-state index in [0.717, 1.165) is 11.1 Å². The molecule has 2 nitrogen and oxygen atoms in total. The minimum atomic E-state index is -0.889. The van der Waals surface area contributed by atoms with E-state index in [4.69, 9.17) is 39.9 Å². The molecule has 0 radical (unpaired) electrons. The predicted molar refractivity (Wildman–Crippen MR) is 69.3 cm³/mol. The van der Waals surface area contributed by atoms with E-state index < -0.39 is 16.8 Å².